The zero-order chi connectivity index (χ0) is 34.1. The highest BCUT2D eigenvalue weighted by atomic mass is 31.2. The van der Waals surface area contributed by atoms with Crippen LogP contribution in [0.15, 0.2) is 170 Å². The number of hydrogen-bond donors (Lipinski definition) is 0. The third-order valence-electron chi connectivity index (χ3n) is 10.5. The minimum Gasteiger partial charge on any atom is -0.308 e. The highest BCUT2D eigenvalue weighted by molar-refractivity contribution is 7.86. The molecule has 10 rings (SSSR count). The van der Waals surface area contributed by atoms with Crippen LogP contribution < -0.4 is 15.9 Å². The molecule has 1 aliphatic rings. The van der Waals surface area contributed by atoms with Crippen LogP contribution in [0.3, 0.4) is 0 Å². The van der Waals surface area contributed by atoms with E-state index in [9.17, 15) is 0 Å². The quantitative estimate of drug-likeness (QED) is 0.171. The lowest BCUT2D eigenvalue weighted by Crippen LogP contribution is -2.33. The third-order valence-corrected chi connectivity index (χ3v) is 13.6. The molecule has 1 aromatic heterocycles. The van der Waals surface area contributed by atoms with Crippen LogP contribution in [-0.4, -0.2) is 9.55 Å². The maximum Gasteiger partial charge on any atom is 0.175 e. The number of hydrogen-bond acceptors (Lipinski definition) is 2. The van der Waals surface area contributed by atoms with Crippen molar-refractivity contribution in [3.63, 3.8) is 0 Å². The summed E-state index contributed by atoms with van der Waals surface area (Å²) >= 11 is 0. The molecule has 0 aliphatic carbocycles. The number of rotatable bonds is 5. The predicted octanol–water partition coefficient (Wildman–Crippen LogP) is 10.8. The van der Waals surface area contributed by atoms with E-state index in [-0.39, 0.29) is 0 Å². The minimum atomic E-state index is -3.26. The third kappa shape index (κ3) is 4.66. The predicted molar refractivity (Wildman–Crippen MR) is 215 cm³/mol. The number of benzene rings is 8. The summed E-state index contributed by atoms with van der Waals surface area (Å²) in [4.78, 5) is 5.22. The molecule has 0 amide bonds. The molecular weight excluding hydrogens is 640 g/mol. The summed E-state index contributed by atoms with van der Waals surface area (Å²) in [6.07, 6.45) is 0.761. The summed E-state index contributed by atoms with van der Waals surface area (Å²) in [5.41, 5.74) is 9.41. The molecule has 4 heteroatoms. The topological polar surface area (TPSA) is 34.9 Å². The summed E-state index contributed by atoms with van der Waals surface area (Å²) in [5, 5.41) is 7.39. The molecule has 0 fully saturated rings. The van der Waals surface area contributed by atoms with Crippen molar-refractivity contribution < 1.29 is 4.57 Å². The normalized spacial score (nSPS) is 15.0. The highest BCUT2D eigenvalue weighted by Gasteiger charge is 2.40. The molecule has 8 aromatic carbocycles. The minimum absolute atomic E-state index is 0.761. The van der Waals surface area contributed by atoms with Crippen LogP contribution in [0.5, 0.6) is 0 Å². The van der Waals surface area contributed by atoms with E-state index in [2.05, 4.69) is 133 Å². The Kier molecular flexibility index (Phi) is 6.74. The Labute approximate surface area is 296 Å². The van der Waals surface area contributed by atoms with E-state index in [1.165, 1.54) is 21.5 Å². The van der Waals surface area contributed by atoms with Gasteiger partial charge >= 0.3 is 0 Å². The van der Waals surface area contributed by atoms with Gasteiger partial charge in [-0.1, -0.05) is 122 Å². The molecule has 0 bridgehead atoms. The number of nitrogens with zero attached hydrogens (tertiary/aromatic N) is 2. The first kappa shape index (κ1) is 29.9. The van der Waals surface area contributed by atoms with Crippen molar-refractivity contribution in [1.82, 2.24) is 9.55 Å². The second kappa shape index (κ2) is 11.5. The number of aryl methyl sites for hydroxylation is 1. The Morgan fingerprint density at radius 1 is 0.490 bits per heavy atom. The first-order chi connectivity index (χ1) is 25.1. The van der Waals surface area contributed by atoms with Gasteiger partial charge in [0.25, 0.3) is 0 Å². The Balaban J connectivity index is 1.26. The van der Waals surface area contributed by atoms with E-state index in [0.717, 1.165) is 78.3 Å². The van der Waals surface area contributed by atoms with Crippen molar-refractivity contribution in [2.45, 2.75) is 13.3 Å². The Morgan fingerprint density at radius 2 is 1.02 bits per heavy atom. The van der Waals surface area contributed by atoms with Crippen molar-refractivity contribution in [3.05, 3.63) is 176 Å². The zero-order valence-corrected chi connectivity index (χ0v) is 29.0. The lowest BCUT2D eigenvalue weighted by atomic mass is 9.91. The monoisotopic (exact) mass is 672 g/mol. The van der Waals surface area contributed by atoms with E-state index in [1.54, 1.807) is 0 Å². The summed E-state index contributed by atoms with van der Waals surface area (Å²) in [7, 11) is -3.26. The number of fused-ring (bicyclic) bond motifs is 4. The molecule has 9 aromatic rings. The second-order valence-corrected chi connectivity index (χ2v) is 16.1. The fourth-order valence-corrected chi connectivity index (χ4v) is 11.0. The van der Waals surface area contributed by atoms with Crippen LogP contribution in [0.1, 0.15) is 12.7 Å². The molecule has 1 atom stereocenters. The van der Waals surface area contributed by atoms with Gasteiger partial charge in [0, 0.05) is 22.3 Å². The molecule has 1 unspecified atom stereocenters. The zero-order valence-electron chi connectivity index (χ0n) is 28.1. The molecule has 242 valence electrons. The van der Waals surface area contributed by atoms with E-state index in [0.29, 0.717) is 0 Å². The van der Waals surface area contributed by atoms with E-state index in [1.807, 2.05) is 48.5 Å². The molecule has 3 nitrogen and oxygen atoms in total. The van der Waals surface area contributed by atoms with Crippen LogP contribution >= 0.6 is 7.14 Å². The average molecular weight is 673 g/mol. The van der Waals surface area contributed by atoms with Gasteiger partial charge in [0.1, 0.15) is 5.82 Å². The van der Waals surface area contributed by atoms with E-state index < -0.39 is 7.14 Å². The standard InChI is InChI=1S/C47H33N2OP/c1-2-46-48-42-29-40(30-45-47(42)49(46)43-18-10-11-19-44(43)51(45,50)41-16-4-3-5-17-41)39-27-37(35-22-20-31-12-6-8-14-33(31)24-35)26-38(28-39)36-23-21-32-13-7-9-15-34(32)25-36/h3-30H,2H2,1H3. The summed E-state index contributed by atoms with van der Waals surface area (Å²) in [6.45, 7) is 2.14. The van der Waals surface area contributed by atoms with Gasteiger partial charge in [-0.2, -0.15) is 0 Å². The maximum absolute atomic E-state index is 15.9. The second-order valence-electron chi connectivity index (χ2n) is 13.4. The number of aromatic nitrogens is 2. The summed E-state index contributed by atoms with van der Waals surface area (Å²) < 4.78 is 18.2. The van der Waals surface area contributed by atoms with Crippen LogP contribution in [0.2, 0.25) is 0 Å². The van der Waals surface area contributed by atoms with E-state index in [4.69, 9.17) is 4.98 Å². The van der Waals surface area contributed by atoms with Gasteiger partial charge in [-0.05, 0) is 110 Å². The molecule has 1 aliphatic heterocycles. The van der Waals surface area contributed by atoms with Crippen molar-refractivity contribution in [1.29, 1.82) is 0 Å². The molecule has 0 saturated heterocycles. The SMILES string of the molecule is CCc1nc2cc(-c3cc(-c4ccc5ccccc5c4)cc(-c4ccc5ccccc5c4)c3)cc3c2n1-c1ccccc1P3(=O)c1ccccc1. The largest absolute Gasteiger partial charge is 0.308 e. The fraction of sp³-hybridized carbons (Fsp3) is 0.0426. The average Bonchev–Trinajstić information content (AvgIpc) is 3.58. The van der Waals surface area contributed by atoms with Gasteiger partial charge in [0.2, 0.25) is 0 Å². The van der Waals surface area contributed by atoms with Crippen molar-refractivity contribution in [2.75, 3.05) is 0 Å². The van der Waals surface area contributed by atoms with Crippen LogP contribution in [0.25, 0.3) is 71.6 Å². The van der Waals surface area contributed by atoms with Crippen molar-refractivity contribution in [3.8, 4) is 39.1 Å². The molecular formula is C47H33N2OP. The lowest BCUT2D eigenvalue weighted by Gasteiger charge is -2.29. The van der Waals surface area contributed by atoms with Crippen LogP contribution in [0.4, 0.5) is 0 Å². The first-order valence-corrected chi connectivity index (χ1v) is 19.2. The number of imidazole rings is 1. The van der Waals surface area contributed by atoms with Crippen molar-refractivity contribution >= 4 is 55.6 Å². The molecule has 2 heterocycles. The molecule has 0 radical (unpaired) electrons. The van der Waals surface area contributed by atoms with Gasteiger partial charge in [-0.15, -0.1) is 0 Å². The first-order valence-electron chi connectivity index (χ1n) is 17.5. The molecule has 0 saturated carbocycles. The van der Waals surface area contributed by atoms with Gasteiger partial charge in [0.05, 0.1) is 16.7 Å². The molecule has 0 N–H and O–H groups in total. The lowest BCUT2D eigenvalue weighted by molar-refractivity contribution is 0.592. The molecule has 51 heavy (non-hydrogen) atoms. The van der Waals surface area contributed by atoms with Gasteiger partial charge in [-0.3, -0.25) is 4.57 Å². The van der Waals surface area contributed by atoms with Gasteiger partial charge < -0.3 is 4.57 Å². The van der Waals surface area contributed by atoms with Crippen LogP contribution in [-0.2, 0) is 11.0 Å². The summed E-state index contributed by atoms with van der Waals surface area (Å²) in [5.74, 6) is 0.969. The fourth-order valence-electron chi connectivity index (χ4n) is 7.97. The number of para-hydroxylation sites is 1. The van der Waals surface area contributed by atoms with Gasteiger partial charge in [-0.25, -0.2) is 4.98 Å². The smallest absolute Gasteiger partial charge is 0.175 e. The summed E-state index contributed by atoms with van der Waals surface area (Å²) in [6, 6.07) is 59.8. The Morgan fingerprint density at radius 3 is 1.65 bits per heavy atom. The van der Waals surface area contributed by atoms with E-state index >= 15 is 4.57 Å². The Bertz CT molecular complexity index is 2790. The Hall–Kier alpha value is -6.02. The molecule has 0 spiro atoms. The van der Waals surface area contributed by atoms with Gasteiger partial charge in [0.15, 0.2) is 7.14 Å². The van der Waals surface area contributed by atoms with Crippen molar-refractivity contribution in [2.24, 2.45) is 0 Å². The highest BCUT2D eigenvalue weighted by Crippen LogP contribution is 2.50. The van der Waals surface area contributed by atoms with Crippen LogP contribution in [0, 0.1) is 0 Å². The maximum atomic E-state index is 15.9.